The third kappa shape index (κ3) is 2.21. The summed E-state index contributed by atoms with van der Waals surface area (Å²) < 4.78 is 5.33. The summed E-state index contributed by atoms with van der Waals surface area (Å²) in [7, 11) is 1.48. The van der Waals surface area contributed by atoms with Crippen LogP contribution in [0.25, 0.3) is 11.1 Å². The number of ether oxygens (including phenoxy) is 1. The van der Waals surface area contributed by atoms with Crippen molar-refractivity contribution in [3.05, 3.63) is 101 Å². The van der Waals surface area contributed by atoms with Gasteiger partial charge >= 0.3 is 5.97 Å². The first-order valence-corrected chi connectivity index (χ1v) is 9.16. The van der Waals surface area contributed by atoms with Gasteiger partial charge in [0, 0.05) is 11.8 Å². The predicted octanol–water partition coefficient (Wildman–Crippen LogP) is 4.31. The summed E-state index contributed by atoms with van der Waals surface area (Å²) in [5.74, 6) is -0.170. The van der Waals surface area contributed by atoms with Gasteiger partial charge in [0.15, 0.2) is 0 Å². The maximum Gasteiger partial charge on any atom is 0.317 e. The van der Waals surface area contributed by atoms with E-state index in [9.17, 15) is 4.79 Å². The molecule has 3 heteroatoms. The Labute approximate surface area is 158 Å². The van der Waals surface area contributed by atoms with Gasteiger partial charge < -0.3 is 4.74 Å². The highest BCUT2D eigenvalue weighted by molar-refractivity contribution is 6.11. The summed E-state index contributed by atoms with van der Waals surface area (Å²) in [6.45, 7) is 0. The van der Waals surface area contributed by atoms with Crippen LogP contribution >= 0.6 is 0 Å². The van der Waals surface area contributed by atoms with Crippen molar-refractivity contribution in [2.75, 3.05) is 7.11 Å². The Morgan fingerprint density at radius 2 is 1.52 bits per heavy atom. The largest absolute Gasteiger partial charge is 0.468 e. The highest BCUT2D eigenvalue weighted by atomic mass is 16.5. The molecule has 3 aromatic rings. The van der Waals surface area contributed by atoms with Crippen LogP contribution in [0, 0.1) is 5.41 Å². The lowest BCUT2D eigenvalue weighted by Crippen LogP contribution is -2.37. The van der Waals surface area contributed by atoms with Crippen LogP contribution in [-0.2, 0) is 22.4 Å². The Morgan fingerprint density at radius 1 is 0.889 bits per heavy atom. The van der Waals surface area contributed by atoms with E-state index in [0.29, 0.717) is 12.8 Å². The molecular weight excluding hydrogens is 334 g/mol. The monoisotopic (exact) mass is 353 g/mol. The van der Waals surface area contributed by atoms with Crippen LogP contribution in [0.5, 0.6) is 0 Å². The van der Waals surface area contributed by atoms with Crippen molar-refractivity contribution in [1.82, 2.24) is 4.98 Å². The van der Waals surface area contributed by atoms with Crippen molar-refractivity contribution in [2.24, 2.45) is 5.41 Å². The number of aromatic nitrogens is 1. The first kappa shape index (κ1) is 16.0. The first-order chi connectivity index (χ1) is 13.2. The number of pyridine rings is 1. The second kappa shape index (κ2) is 5.92. The van der Waals surface area contributed by atoms with Crippen molar-refractivity contribution >= 4 is 17.1 Å². The van der Waals surface area contributed by atoms with Crippen LogP contribution in [0.3, 0.4) is 0 Å². The molecule has 5 rings (SSSR count). The molecule has 1 unspecified atom stereocenters. The zero-order chi connectivity index (χ0) is 18.4. The van der Waals surface area contributed by atoms with Gasteiger partial charge in [-0.15, -0.1) is 0 Å². The molecule has 27 heavy (non-hydrogen) atoms. The van der Waals surface area contributed by atoms with Crippen LogP contribution in [0.1, 0.15) is 27.9 Å². The van der Waals surface area contributed by atoms with Gasteiger partial charge in [-0.05, 0) is 52.8 Å². The minimum Gasteiger partial charge on any atom is -0.468 e. The number of hydrogen-bond donors (Lipinski definition) is 0. The summed E-state index contributed by atoms with van der Waals surface area (Å²) in [5, 5.41) is 0. The molecule has 0 saturated heterocycles. The van der Waals surface area contributed by atoms with E-state index >= 15 is 0 Å². The maximum absolute atomic E-state index is 13.1. The summed E-state index contributed by atoms with van der Waals surface area (Å²) >= 11 is 0. The van der Waals surface area contributed by atoms with Gasteiger partial charge in [0.2, 0.25) is 0 Å². The van der Waals surface area contributed by atoms with Gasteiger partial charge in [-0.1, -0.05) is 54.6 Å². The molecular formula is C24H19NO2. The molecule has 3 nitrogen and oxygen atoms in total. The summed E-state index contributed by atoms with van der Waals surface area (Å²) in [4.78, 5) is 17.8. The number of esters is 1. The summed E-state index contributed by atoms with van der Waals surface area (Å²) in [6, 6.07) is 22.6. The number of nitrogens with zero attached hydrogens (tertiary/aromatic N) is 1. The second-order valence-corrected chi connectivity index (χ2v) is 7.21. The molecule has 2 aliphatic rings. The fourth-order valence-electron chi connectivity index (χ4n) is 4.71. The van der Waals surface area contributed by atoms with Gasteiger partial charge in [-0.25, -0.2) is 0 Å². The topological polar surface area (TPSA) is 39.2 Å². The van der Waals surface area contributed by atoms with E-state index in [2.05, 4.69) is 29.2 Å². The molecule has 0 radical (unpaired) electrons. The van der Waals surface area contributed by atoms with Gasteiger partial charge in [0.05, 0.1) is 12.8 Å². The lowest BCUT2D eigenvalue weighted by molar-refractivity contribution is -0.148. The van der Waals surface area contributed by atoms with Crippen molar-refractivity contribution in [2.45, 2.75) is 12.8 Å². The third-order valence-electron chi connectivity index (χ3n) is 5.78. The Morgan fingerprint density at radius 3 is 2.19 bits per heavy atom. The number of rotatable bonds is 2. The molecule has 132 valence electrons. The van der Waals surface area contributed by atoms with E-state index in [4.69, 9.17) is 4.74 Å². The minimum absolute atomic E-state index is 0.170. The lowest BCUT2D eigenvalue weighted by Gasteiger charge is -2.35. The van der Waals surface area contributed by atoms with Gasteiger partial charge in [0.1, 0.15) is 5.41 Å². The number of hydrogen-bond acceptors (Lipinski definition) is 3. The van der Waals surface area contributed by atoms with E-state index in [1.165, 1.54) is 18.2 Å². The van der Waals surface area contributed by atoms with E-state index in [0.717, 1.165) is 28.0 Å². The maximum atomic E-state index is 13.1. The van der Waals surface area contributed by atoms with Crippen LogP contribution < -0.4 is 0 Å². The van der Waals surface area contributed by atoms with E-state index in [-0.39, 0.29) is 5.97 Å². The molecule has 0 spiro atoms. The smallest absolute Gasteiger partial charge is 0.317 e. The molecule has 2 aliphatic carbocycles. The van der Waals surface area contributed by atoms with Gasteiger partial charge in [-0.2, -0.15) is 0 Å². The van der Waals surface area contributed by atoms with Crippen molar-refractivity contribution in [3.63, 3.8) is 0 Å². The van der Waals surface area contributed by atoms with E-state index in [1.807, 2.05) is 42.5 Å². The number of carbonyl (C=O) groups is 1. The number of benzene rings is 2. The van der Waals surface area contributed by atoms with Crippen LogP contribution in [0.4, 0.5) is 0 Å². The summed E-state index contributed by atoms with van der Waals surface area (Å²) in [6.07, 6.45) is 3.12. The molecule has 0 N–H and O–H groups in total. The van der Waals surface area contributed by atoms with E-state index in [1.54, 1.807) is 6.20 Å². The average Bonchev–Trinajstić information content (AvgIpc) is 3.07. The zero-order valence-electron chi connectivity index (χ0n) is 15.1. The lowest BCUT2D eigenvalue weighted by atomic mass is 9.67. The fourth-order valence-corrected chi connectivity index (χ4v) is 4.71. The average molecular weight is 353 g/mol. The van der Waals surface area contributed by atoms with Crippen LogP contribution in [0.15, 0.2) is 72.9 Å². The molecule has 0 bridgehead atoms. The standard InChI is InChI=1S/C24H19NO2/c1-27-23(26)24-14-16-8-2-4-10-18(16)21(20-12-6-7-13-25-20)22(24)19-11-5-3-9-17(19)15-24/h2-13H,14-15H2,1H3. The number of fused-ring (bicyclic) bond motifs is 4. The molecule has 0 fully saturated rings. The molecule has 0 aliphatic heterocycles. The van der Waals surface area contributed by atoms with Crippen molar-refractivity contribution < 1.29 is 9.53 Å². The van der Waals surface area contributed by atoms with Gasteiger partial charge in [-0.3, -0.25) is 9.78 Å². The van der Waals surface area contributed by atoms with Crippen molar-refractivity contribution in [3.8, 4) is 0 Å². The molecule has 2 aromatic carbocycles. The predicted molar refractivity (Wildman–Crippen MR) is 105 cm³/mol. The quantitative estimate of drug-likeness (QED) is 0.645. The highest BCUT2D eigenvalue weighted by Gasteiger charge is 2.52. The molecule has 0 amide bonds. The van der Waals surface area contributed by atoms with Crippen LogP contribution in [-0.4, -0.2) is 18.1 Å². The Bertz CT molecular complexity index is 1080. The Kier molecular flexibility index (Phi) is 3.51. The number of carbonyl (C=O) groups excluding carboxylic acids is 1. The minimum atomic E-state index is -0.695. The Hall–Kier alpha value is -3.20. The molecule has 0 saturated carbocycles. The van der Waals surface area contributed by atoms with Crippen LogP contribution in [0.2, 0.25) is 0 Å². The van der Waals surface area contributed by atoms with Gasteiger partial charge in [0.25, 0.3) is 0 Å². The molecule has 1 heterocycles. The SMILES string of the molecule is COC(=O)C12Cc3ccccc3C(c3ccccn3)=C1c1ccccc1C2. The van der Waals surface area contributed by atoms with Crippen molar-refractivity contribution in [1.29, 1.82) is 0 Å². The molecule has 1 aromatic heterocycles. The number of methoxy groups -OCH3 is 1. The zero-order valence-corrected chi connectivity index (χ0v) is 15.1. The third-order valence-corrected chi connectivity index (χ3v) is 5.78. The van der Waals surface area contributed by atoms with E-state index < -0.39 is 5.41 Å². The highest BCUT2D eigenvalue weighted by Crippen LogP contribution is 2.56. The summed E-state index contributed by atoms with van der Waals surface area (Å²) in [5.41, 5.74) is 6.96. The second-order valence-electron chi connectivity index (χ2n) is 7.21. The normalized spacial score (nSPS) is 19.9. The fraction of sp³-hybridized carbons (Fsp3) is 0.167. The molecule has 1 atom stereocenters. The Balaban J connectivity index is 1.92. The first-order valence-electron chi connectivity index (χ1n) is 9.16.